The number of rotatable bonds is 3. The molecule has 7 heteroatoms. The molecule has 0 unspecified atom stereocenters. The maximum absolute atomic E-state index is 13.2. The average Bonchev–Trinajstić information content (AvgIpc) is 3.01. The molecule has 134 valence electrons. The lowest BCUT2D eigenvalue weighted by Gasteiger charge is -2.33. The molecule has 0 fully saturated rings. The zero-order valence-electron chi connectivity index (χ0n) is 14.2. The molecule has 0 N–H and O–H groups in total. The summed E-state index contributed by atoms with van der Waals surface area (Å²) in [6.45, 7) is 0. The molecule has 0 bridgehead atoms. The van der Waals surface area contributed by atoms with Crippen LogP contribution >= 0.6 is 15.9 Å². The second kappa shape index (κ2) is 6.92. The molecule has 26 heavy (non-hydrogen) atoms. The van der Waals surface area contributed by atoms with Gasteiger partial charge in [0.2, 0.25) is 5.54 Å². The number of ether oxygens (including phenoxy) is 2. The maximum atomic E-state index is 13.2. The van der Waals surface area contributed by atoms with Crippen LogP contribution in [0.25, 0.3) is 0 Å². The zero-order valence-corrected chi connectivity index (χ0v) is 15.8. The van der Waals surface area contributed by atoms with Gasteiger partial charge in [0.1, 0.15) is 0 Å². The highest BCUT2D eigenvalue weighted by atomic mass is 79.9. The van der Waals surface area contributed by atoms with Gasteiger partial charge in [-0.3, -0.25) is 9.69 Å². The molecule has 2 aromatic carbocycles. The second-order valence-electron chi connectivity index (χ2n) is 5.80. The van der Waals surface area contributed by atoms with Gasteiger partial charge in [-0.25, -0.2) is 9.59 Å². The summed E-state index contributed by atoms with van der Waals surface area (Å²) < 4.78 is 10.6. The van der Waals surface area contributed by atoms with E-state index in [0.717, 1.165) is 4.47 Å². The fourth-order valence-corrected chi connectivity index (χ4v) is 3.62. The first-order chi connectivity index (χ1) is 12.5. The van der Waals surface area contributed by atoms with Crippen molar-refractivity contribution >= 4 is 39.5 Å². The first-order valence-electron chi connectivity index (χ1n) is 7.80. The topological polar surface area (TPSA) is 72.9 Å². The van der Waals surface area contributed by atoms with Gasteiger partial charge in [-0.2, -0.15) is 0 Å². The van der Waals surface area contributed by atoms with Crippen molar-refractivity contribution in [1.29, 1.82) is 0 Å². The summed E-state index contributed by atoms with van der Waals surface area (Å²) in [5, 5.41) is 0. The molecule has 0 aromatic heterocycles. The predicted octanol–water partition coefficient (Wildman–Crippen LogP) is 2.74. The molecule has 3 rings (SSSR count). The normalized spacial score (nSPS) is 14.5. The van der Waals surface area contributed by atoms with Gasteiger partial charge in [0.05, 0.1) is 14.2 Å². The van der Waals surface area contributed by atoms with Crippen molar-refractivity contribution in [1.82, 2.24) is 0 Å². The lowest BCUT2D eigenvalue weighted by Crippen LogP contribution is -2.62. The van der Waals surface area contributed by atoms with Crippen LogP contribution in [0.5, 0.6) is 0 Å². The van der Waals surface area contributed by atoms with E-state index in [1.54, 1.807) is 48.5 Å². The number of nitrogens with zero attached hydrogens (tertiary/aromatic N) is 1. The Hall–Kier alpha value is -2.67. The average molecular weight is 418 g/mol. The molecule has 2 aromatic rings. The Morgan fingerprint density at radius 1 is 1.00 bits per heavy atom. The summed E-state index contributed by atoms with van der Waals surface area (Å²) in [5.41, 5.74) is -0.419. The number of hydrogen-bond donors (Lipinski definition) is 0. The van der Waals surface area contributed by atoms with Gasteiger partial charge in [-0.1, -0.05) is 34.1 Å². The molecule has 0 aliphatic carbocycles. The third kappa shape index (κ3) is 2.68. The largest absolute Gasteiger partial charge is 0.467 e. The molecule has 0 spiro atoms. The summed E-state index contributed by atoms with van der Waals surface area (Å²) in [6, 6.07) is 13.7. The Morgan fingerprint density at radius 3 is 2.19 bits per heavy atom. The highest BCUT2D eigenvalue weighted by molar-refractivity contribution is 9.10. The number of hydrogen-bond acceptors (Lipinski definition) is 5. The quantitative estimate of drug-likeness (QED) is 0.566. The Balaban J connectivity index is 2.24. The lowest BCUT2D eigenvalue weighted by atomic mass is 9.93. The number of amides is 1. The predicted molar refractivity (Wildman–Crippen MR) is 97.9 cm³/mol. The standard InChI is InChI=1S/C19H16BrNO5/c1-25-17(23)19(18(24)26-2)11-13-10-14(20)8-9-15(13)21(19)16(22)12-6-4-3-5-7-12/h3-10H,11H2,1-2H3. The van der Waals surface area contributed by atoms with Gasteiger partial charge in [-0.05, 0) is 35.9 Å². The summed E-state index contributed by atoms with van der Waals surface area (Å²) >= 11 is 3.38. The van der Waals surface area contributed by atoms with E-state index in [-0.39, 0.29) is 6.42 Å². The molecule has 0 atom stereocenters. The number of benzene rings is 2. The van der Waals surface area contributed by atoms with Gasteiger partial charge in [0.15, 0.2) is 0 Å². The highest BCUT2D eigenvalue weighted by Gasteiger charge is 2.60. The van der Waals surface area contributed by atoms with E-state index in [4.69, 9.17) is 9.47 Å². The number of carbonyl (C=O) groups excluding carboxylic acids is 3. The minimum absolute atomic E-state index is 0.0281. The Labute approximate surface area is 158 Å². The van der Waals surface area contributed by atoms with Gasteiger partial charge < -0.3 is 9.47 Å². The van der Waals surface area contributed by atoms with Crippen LogP contribution < -0.4 is 4.90 Å². The second-order valence-corrected chi connectivity index (χ2v) is 6.72. The molecule has 6 nitrogen and oxygen atoms in total. The number of anilines is 1. The van der Waals surface area contributed by atoms with Crippen molar-refractivity contribution in [3.05, 3.63) is 64.1 Å². The van der Waals surface area contributed by atoms with Crippen molar-refractivity contribution < 1.29 is 23.9 Å². The monoisotopic (exact) mass is 417 g/mol. The number of carbonyl (C=O) groups is 3. The van der Waals surface area contributed by atoms with Gasteiger partial charge in [-0.15, -0.1) is 0 Å². The van der Waals surface area contributed by atoms with Crippen LogP contribution in [0.15, 0.2) is 53.0 Å². The third-order valence-electron chi connectivity index (χ3n) is 4.38. The highest BCUT2D eigenvalue weighted by Crippen LogP contribution is 2.42. The summed E-state index contributed by atoms with van der Waals surface area (Å²) in [4.78, 5) is 39.8. The van der Waals surface area contributed by atoms with Crippen LogP contribution in [0.2, 0.25) is 0 Å². The maximum Gasteiger partial charge on any atom is 0.344 e. The first-order valence-corrected chi connectivity index (χ1v) is 8.60. The number of esters is 2. The summed E-state index contributed by atoms with van der Waals surface area (Å²) in [7, 11) is 2.36. The van der Waals surface area contributed by atoms with E-state index in [2.05, 4.69) is 15.9 Å². The van der Waals surface area contributed by atoms with Crippen molar-refractivity contribution in [2.24, 2.45) is 0 Å². The molecular formula is C19H16BrNO5. The smallest absolute Gasteiger partial charge is 0.344 e. The Bertz CT molecular complexity index is 865. The van der Waals surface area contributed by atoms with E-state index in [1.807, 2.05) is 0 Å². The van der Waals surface area contributed by atoms with Gasteiger partial charge in [0, 0.05) is 22.1 Å². The molecule has 0 saturated heterocycles. The van der Waals surface area contributed by atoms with E-state index in [1.165, 1.54) is 19.1 Å². The van der Waals surface area contributed by atoms with Crippen LogP contribution in [-0.4, -0.2) is 37.6 Å². The third-order valence-corrected chi connectivity index (χ3v) is 4.87. The molecule has 0 radical (unpaired) electrons. The summed E-state index contributed by atoms with van der Waals surface area (Å²) in [6.07, 6.45) is -0.0281. The number of halogens is 1. The molecule has 1 heterocycles. The number of fused-ring (bicyclic) bond motifs is 1. The molecule has 0 saturated carbocycles. The van der Waals surface area contributed by atoms with Crippen LogP contribution in [0, 0.1) is 0 Å². The Kier molecular flexibility index (Phi) is 4.82. The van der Waals surface area contributed by atoms with Crippen molar-refractivity contribution in [2.75, 3.05) is 19.1 Å². The summed E-state index contributed by atoms with van der Waals surface area (Å²) in [5.74, 6) is -2.18. The first kappa shape index (κ1) is 18.1. The SMILES string of the molecule is COC(=O)C1(C(=O)OC)Cc2cc(Br)ccc2N1C(=O)c1ccccc1. The van der Waals surface area contributed by atoms with Crippen LogP contribution in [-0.2, 0) is 25.5 Å². The van der Waals surface area contributed by atoms with E-state index < -0.39 is 23.4 Å². The van der Waals surface area contributed by atoms with Gasteiger partial charge >= 0.3 is 11.9 Å². The molecule has 1 amide bonds. The van der Waals surface area contributed by atoms with Crippen molar-refractivity contribution in [3.8, 4) is 0 Å². The van der Waals surface area contributed by atoms with Gasteiger partial charge in [0.25, 0.3) is 5.91 Å². The van der Waals surface area contributed by atoms with Crippen molar-refractivity contribution in [2.45, 2.75) is 12.0 Å². The van der Waals surface area contributed by atoms with E-state index >= 15 is 0 Å². The zero-order chi connectivity index (χ0) is 18.9. The number of methoxy groups -OCH3 is 2. The Morgan fingerprint density at radius 2 is 1.62 bits per heavy atom. The van der Waals surface area contributed by atoms with Crippen LogP contribution in [0.3, 0.4) is 0 Å². The molecular weight excluding hydrogens is 402 g/mol. The lowest BCUT2D eigenvalue weighted by molar-refractivity contribution is -0.160. The van der Waals surface area contributed by atoms with Crippen molar-refractivity contribution in [3.63, 3.8) is 0 Å². The van der Waals surface area contributed by atoms with E-state index in [9.17, 15) is 14.4 Å². The van der Waals surface area contributed by atoms with Crippen LogP contribution in [0.1, 0.15) is 15.9 Å². The van der Waals surface area contributed by atoms with Crippen LogP contribution in [0.4, 0.5) is 5.69 Å². The minimum atomic E-state index is -1.90. The molecule has 1 aliphatic rings. The molecule has 1 aliphatic heterocycles. The fraction of sp³-hybridized carbons (Fsp3) is 0.211. The van der Waals surface area contributed by atoms with E-state index in [0.29, 0.717) is 16.8 Å². The minimum Gasteiger partial charge on any atom is -0.467 e. The fourth-order valence-electron chi connectivity index (χ4n) is 3.21.